The molecule has 0 spiro atoms. The summed E-state index contributed by atoms with van der Waals surface area (Å²) in [6, 6.07) is 6.92. The molecule has 0 bridgehead atoms. The average Bonchev–Trinajstić information content (AvgIpc) is 1.90. The summed E-state index contributed by atoms with van der Waals surface area (Å²) in [4.78, 5) is 0. The van der Waals surface area contributed by atoms with Gasteiger partial charge in [-0.05, 0) is 12.0 Å². The average molecular weight is 144 g/mol. The largest absolute Gasteiger partial charge is 1.00 e. The molecule has 1 aromatic rings. The van der Waals surface area contributed by atoms with Crippen LogP contribution in [-0.4, -0.2) is 0 Å². The van der Waals surface area contributed by atoms with Gasteiger partial charge in [-0.25, -0.2) is 0 Å². The van der Waals surface area contributed by atoms with Gasteiger partial charge < -0.3 is 5.11 Å². The van der Waals surface area contributed by atoms with Crippen molar-refractivity contribution in [1.29, 1.82) is 0 Å². The topological polar surface area (TPSA) is 23.1 Å². The van der Waals surface area contributed by atoms with Gasteiger partial charge in [0.05, 0.1) is 0 Å². The first-order valence-electron chi connectivity index (χ1n) is 3.09. The molecule has 0 atom stereocenters. The van der Waals surface area contributed by atoms with Gasteiger partial charge in [-0.2, -0.15) is 0 Å². The fourth-order valence-corrected chi connectivity index (χ4v) is 0.725. The molecule has 0 saturated carbocycles. The van der Waals surface area contributed by atoms with Gasteiger partial charge in [0.15, 0.2) is 0 Å². The first-order valence-corrected chi connectivity index (χ1v) is 3.09. The molecule has 0 aliphatic heterocycles. The maximum atomic E-state index is 10.5. The van der Waals surface area contributed by atoms with Crippen molar-refractivity contribution in [1.82, 2.24) is 0 Å². The van der Waals surface area contributed by atoms with E-state index in [1.807, 2.05) is 12.1 Å². The number of hydrogen-bond donors (Lipinski definition) is 0. The summed E-state index contributed by atoms with van der Waals surface area (Å²) in [7, 11) is 0. The Kier molecular flexibility index (Phi) is 4.79. The second-order valence-corrected chi connectivity index (χ2v) is 2.00. The molecule has 1 aromatic carbocycles. The van der Waals surface area contributed by atoms with Gasteiger partial charge in [0, 0.05) is 0 Å². The zero-order valence-corrected chi connectivity index (χ0v) is 8.42. The molecule has 0 heterocycles. The summed E-state index contributed by atoms with van der Waals surface area (Å²) >= 11 is 0. The fraction of sp³-hybridized carbons (Fsp3) is 0.250. The standard InChI is InChI=1S/C8H10O.Na/c1-2-7-3-5-8(9)6-4-7;/h3-6,9H,2H2,1H3;/q;+1/p-1. The molecule has 1 rings (SSSR count). The molecule has 0 unspecified atom stereocenters. The third kappa shape index (κ3) is 2.74. The van der Waals surface area contributed by atoms with Crippen LogP contribution in [0.5, 0.6) is 5.75 Å². The molecule has 1 nitrogen and oxygen atoms in total. The SMILES string of the molecule is CCc1ccc([O-])cc1.[Na+]. The van der Waals surface area contributed by atoms with Crippen LogP contribution >= 0.6 is 0 Å². The molecule has 0 aromatic heterocycles. The van der Waals surface area contributed by atoms with Crippen molar-refractivity contribution in [3.8, 4) is 5.75 Å². The maximum Gasteiger partial charge on any atom is 1.00 e. The van der Waals surface area contributed by atoms with Crippen LogP contribution in [0.1, 0.15) is 12.5 Å². The van der Waals surface area contributed by atoms with Crippen LogP contribution in [0.4, 0.5) is 0 Å². The Balaban J connectivity index is 0.000000810. The predicted molar refractivity (Wildman–Crippen MR) is 35.3 cm³/mol. The van der Waals surface area contributed by atoms with E-state index in [4.69, 9.17) is 0 Å². The molecule has 0 radical (unpaired) electrons. The van der Waals surface area contributed by atoms with Gasteiger partial charge in [0.25, 0.3) is 0 Å². The van der Waals surface area contributed by atoms with Crippen molar-refractivity contribution >= 4 is 0 Å². The second-order valence-electron chi connectivity index (χ2n) is 2.00. The molecule has 2 heteroatoms. The van der Waals surface area contributed by atoms with E-state index in [1.54, 1.807) is 12.1 Å². The van der Waals surface area contributed by atoms with Crippen LogP contribution < -0.4 is 34.7 Å². The third-order valence-corrected chi connectivity index (χ3v) is 1.33. The van der Waals surface area contributed by atoms with E-state index in [0.29, 0.717) is 0 Å². The number of hydrogen-bond acceptors (Lipinski definition) is 1. The van der Waals surface area contributed by atoms with E-state index in [2.05, 4.69) is 6.92 Å². The van der Waals surface area contributed by atoms with Crippen molar-refractivity contribution in [3.05, 3.63) is 29.8 Å². The maximum absolute atomic E-state index is 10.5. The van der Waals surface area contributed by atoms with E-state index in [9.17, 15) is 5.11 Å². The Hall–Kier alpha value is 0.0200. The Morgan fingerprint density at radius 2 is 1.70 bits per heavy atom. The van der Waals surface area contributed by atoms with Gasteiger partial charge in [-0.1, -0.05) is 31.2 Å². The first kappa shape index (κ1) is 10.0. The van der Waals surface area contributed by atoms with E-state index in [0.717, 1.165) is 6.42 Å². The van der Waals surface area contributed by atoms with E-state index in [1.165, 1.54) is 5.56 Å². The van der Waals surface area contributed by atoms with Gasteiger partial charge >= 0.3 is 29.6 Å². The number of rotatable bonds is 1. The zero-order chi connectivity index (χ0) is 6.69. The summed E-state index contributed by atoms with van der Waals surface area (Å²) in [5.41, 5.74) is 1.22. The van der Waals surface area contributed by atoms with Crippen LogP contribution in [-0.2, 0) is 6.42 Å². The quantitative estimate of drug-likeness (QED) is 0.432. The van der Waals surface area contributed by atoms with Crippen LogP contribution in [0.2, 0.25) is 0 Å². The summed E-state index contributed by atoms with van der Waals surface area (Å²) in [6.07, 6.45) is 1.00. The monoisotopic (exact) mass is 144 g/mol. The number of aryl methyl sites for hydroxylation is 1. The summed E-state index contributed by atoms with van der Waals surface area (Å²) in [5.74, 6) is 0.0900. The molecule has 48 valence electrons. The third-order valence-electron chi connectivity index (χ3n) is 1.33. The second kappa shape index (κ2) is 4.78. The Morgan fingerprint density at radius 1 is 1.20 bits per heavy atom. The molecule has 0 fully saturated rings. The first-order chi connectivity index (χ1) is 4.33. The van der Waals surface area contributed by atoms with Crippen LogP contribution in [0.15, 0.2) is 24.3 Å². The van der Waals surface area contributed by atoms with Crippen molar-refractivity contribution in [3.63, 3.8) is 0 Å². The van der Waals surface area contributed by atoms with Crippen molar-refractivity contribution in [2.75, 3.05) is 0 Å². The molecular formula is C8H9NaO. The predicted octanol–water partition coefficient (Wildman–Crippen LogP) is -1.67. The minimum atomic E-state index is 0. The van der Waals surface area contributed by atoms with Gasteiger partial charge in [-0.3, -0.25) is 0 Å². The molecular weight excluding hydrogens is 135 g/mol. The smallest absolute Gasteiger partial charge is 0.872 e. The van der Waals surface area contributed by atoms with Gasteiger partial charge in [0.1, 0.15) is 0 Å². The summed E-state index contributed by atoms with van der Waals surface area (Å²) in [6.45, 7) is 2.07. The molecule has 0 aliphatic carbocycles. The Bertz CT molecular complexity index is 181. The summed E-state index contributed by atoms with van der Waals surface area (Å²) < 4.78 is 0. The zero-order valence-electron chi connectivity index (χ0n) is 6.42. The molecule has 0 amide bonds. The number of benzene rings is 1. The van der Waals surface area contributed by atoms with E-state index in [-0.39, 0.29) is 35.3 Å². The van der Waals surface area contributed by atoms with Crippen molar-refractivity contribution in [2.45, 2.75) is 13.3 Å². The van der Waals surface area contributed by atoms with Crippen molar-refractivity contribution < 1.29 is 34.7 Å². The fourth-order valence-electron chi connectivity index (χ4n) is 0.725. The molecule has 0 N–H and O–H groups in total. The molecule has 0 saturated heterocycles. The van der Waals surface area contributed by atoms with Crippen LogP contribution in [0, 0.1) is 0 Å². The van der Waals surface area contributed by atoms with Gasteiger partial charge in [0.2, 0.25) is 0 Å². The van der Waals surface area contributed by atoms with Gasteiger partial charge in [-0.15, -0.1) is 5.75 Å². The Labute approximate surface area is 83.4 Å². The van der Waals surface area contributed by atoms with Crippen molar-refractivity contribution in [2.24, 2.45) is 0 Å². The summed E-state index contributed by atoms with van der Waals surface area (Å²) in [5, 5.41) is 10.5. The van der Waals surface area contributed by atoms with E-state index < -0.39 is 0 Å². The van der Waals surface area contributed by atoms with E-state index >= 15 is 0 Å². The normalized spacial score (nSPS) is 8.50. The van der Waals surface area contributed by atoms with Crippen LogP contribution in [0.25, 0.3) is 0 Å². The minimum Gasteiger partial charge on any atom is -0.872 e. The molecule has 10 heavy (non-hydrogen) atoms. The van der Waals surface area contributed by atoms with Crippen LogP contribution in [0.3, 0.4) is 0 Å². The molecule has 0 aliphatic rings. The Morgan fingerprint density at radius 3 is 2.10 bits per heavy atom. The minimum absolute atomic E-state index is 0.